The molecule has 0 aliphatic carbocycles. The summed E-state index contributed by atoms with van der Waals surface area (Å²) in [7, 11) is 1.56. The zero-order valence-corrected chi connectivity index (χ0v) is 15.6. The van der Waals surface area contributed by atoms with Crippen molar-refractivity contribution in [3.8, 4) is 5.75 Å². The van der Waals surface area contributed by atoms with E-state index in [9.17, 15) is 9.59 Å². The predicted molar refractivity (Wildman–Crippen MR) is 101 cm³/mol. The molecule has 1 heterocycles. The number of amides is 1. The van der Waals surface area contributed by atoms with Gasteiger partial charge in [0.15, 0.2) is 5.78 Å². The number of methoxy groups -OCH3 is 1. The zero-order valence-electron chi connectivity index (χ0n) is 14.0. The van der Waals surface area contributed by atoms with Crippen molar-refractivity contribution in [2.24, 2.45) is 0 Å². The number of rotatable bonds is 4. The molecule has 2 aromatic carbocycles. The van der Waals surface area contributed by atoms with Gasteiger partial charge in [-0.2, -0.15) is 0 Å². The highest BCUT2D eigenvalue weighted by Gasteiger charge is 2.24. The molecule has 6 heteroatoms. The molecule has 0 spiro atoms. The summed E-state index contributed by atoms with van der Waals surface area (Å²) in [5.74, 6) is 1.37. The third kappa shape index (κ3) is 3.83. The van der Waals surface area contributed by atoms with Gasteiger partial charge in [0.05, 0.1) is 19.2 Å². The minimum absolute atomic E-state index is 0.0390. The maximum Gasteiger partial charge on any atom is 0.231 e. The highest BCUT2D eigenvalue weighted by Crippen LogP contribution is 2.37. The Kier molecular flexibility index (Phi) is 5.35. The van der Waals surface area contributed by atoms with Gasteiger partial charge in [-0.15, -0.1) is 11.8 Å². The molecule has 0 unspecified atom stereocenters. The van der Waals surface area contributed by atoms with Crippen LogP contribution in [0.4, 0.5) is 5.69 Å². The number of Topliss-reactive ketones (excluding diaryl/α,β-unsaturated/α-hetero) is 1. The van der Waals surface area contributed by atoms with Crippen molar-refractivity contribution in [1.82, 2.24) is 0 Å². The summed E-state index contributed by atoms with van der Waals surface area (Å²) >= 11 is 7.82. The number of hydrogen-bond acceptors (Lipinski definition) is 4. The molecule has 0 radical (unpaired) electrons. The van der Waals surface area contributed by atoms with E-state index in [2.05, 4.69) is 0 Å². The molecule has 25 heavy (non-hydrogen) atoms. The maximum atomic E-state index is 12.9. The number of ketones is 1. The summed E-state index contributed by atoms with van der Waals surface area (Å²) in [6.07, 6.45) is 0.168. The molecule has 0 aromatic heterocycles. The number of carbonyl (C=O) groups is 2. The van der Waals surface area contributed by atoms with Crippen molar-refractivity contribution in [2.75, 3.05) is 24.3 Å². The third-order valence-corrected chi connectivity index (χ3v) is 5.39. The van der Waals surface area contributed by atoms with E-state index in [-0.39, 0.29) is 18.1 Å². The molecule has 1 aliphatic heterocycles. The van der Waals surface area contributed by atoms with E-state index in [1.807, 2.05) is 18.2 Å². The van der Waals surface area contributed by atoms with Crippen molar-refractivity contribution in [3.05, 3.63) is 52.5 Å². The lowest BCUT2D eigenvalue weighted by atomic mass is 10.0. The molecular formula is C19H18ClNO3S. The molecule has 3 rings (SSSR count). The van der Waals surface area contributed by atoms with Gasteiger partial charge in [-0.3, -0.25) is 9.59 Å². The van der Waals surface area contributed by atoms with Crippen LogP contribution in [0, 0.1) is 0 Å². The number of halogens is 1. The molecule has 0 atom stereocenters. The first-order valence-corrected chi connectivity index (χ1v) is 9.26. The van der Waals surface area contributed by atoms with Crippen LogP contribution < -0.4 is 9.64 Å². The van der Waals surface area contributed by atoms with Gasteiger partial charge < -0.3 is 9.64 Å². The quantitative estimate of drug-likeness (QED) is 0.750. The summed E-state index contributed by atoms with van der Waals surface area (Å²) in [5, 5.41) is 0.607. The molecule has 4 nitrogen and oxygen atoms in total. The smallest absolute Gasteiger partial charge is 0.231 e. The Morgan fingerprint density at radius 3 is 2.76 bits per heavy atom. The predicted octanol–water partition coefficient (Wildman–Crippen LogP) is 4.23. The highest BCUT2D eigenvalue weighted by atomic mass is 35.5. The third-order valence-electron chi connectivity index (χ3n) is 4.11. The highest BCUT2D eigenvalue weighted by molar-refractivity contribution is 7.99. The summed E-state index contributed by atoms with van der Waals surface area (Å²) in [5.41, 5.74) is 2.12. The second-order valence-electron chi connectivity index (χ2n) is 5.77. The fraction of sp³-hybridized carbons (Fsp3) is 0.263. The Morgan fingerprint density at radius 1 is 1.24 bits per heavy atom. The molecule has 0 saturated heterocycles. The van der Waals surface area contributed by atoms with E-state index in [1.54, 1.807) is 42.0 Å². The number of hydrogen-bond donors (Lipinski definition) is 0. The topological polar surface area (TPSA) is 46.6 Å². The number of ether oxygens (including phenoxy) is 1. The van der Waals surface area contributed by atoms with Crippen LogP contribution in [0.5, 0.6) is 5.75 Å². The minimum Gasteiger partial charge on any atom is -0.496 e. The van der Waals surface area contributed by atoms with Crippen LogP contribution >= 0.6 is 23.4 Å². The van der Waals surface area contributed by atoms with Crippen LogP contribution in [0.15, 0.2) is 41.3 Å². The first-order valence-electron chi connectivity index (χ1n) is 7.90. The van der Waals surface area contributed by atoms with Crippen LogP contribution in [0.25, 0.3) is 0 Å². The second kappa shape index (κ2) is 7.50. The fourth-order valence-electron chi connectivity index (χ4n) is 2.84. The Bertz CT molecular complexity index is 837. The number of nitrogens with zero attached hydrogens (tertiary/aromatic N) is 1. The Labute approximate surface area is 156 Å². The van der Waals surface area contributed by atoms with Crippen molar-refractivity contribution in [3.63, 3.8) is 0 Å². The molecule has 1 amide bonds. The van der Waals surface area contributed by atoms with E-state index >= 15 is 0 Å². The van der Waals surface area contributed by atoms with E-state index in [4.69, 9.17) is 16.3 Å². The van der Waals surface area contributed by atoms with Gasteiger partial charge >= 0.3 is 0 Å². The lowest BCUT2D eigenvalue weighted by Crippen LogP contribution is -2.36. The van der Waals surface area contributed by atoms with Crippen LogP contribution in [-0.4, -0.2) is 31.1 Å². The van der Waals surface area contributed by atoms with Crippen LogP contribution in [0.2, 0.25) is 5.02 Å². The summed E-state index contributed by atoms with van der Waals surface area (Å²) in [6, 6.07) is 10.8. The van der Waals surface area contributed by atoms with E-state index in [1.165, 1.54) is 6.92 Å². The number of anilines is 1. The SMILES string of the molecule is COc1ccc(C(C)=O)cc1CC(=O)N1CCSc2ccc(Cl)cc21. The standard InChI is InChI=1S/C19H18ClNO3S/c1-12(22)13-3-5-17(24-2)14(9-13)10-19(23)21-7-8-25-18-6-4-15(20)11-16(18)21/h3-6,9,11H,7-8,10H2,1-2H3. The van der Waals surface area contributed by atoms with Gasteiger partial charge in [0.1, 0.15) is 5.75 Å². The summed E-state index contributed by atoms with van der Waals surface area (Å²) in [4.78, 5) is 27.4. The van der Waals surface area contributed by atoms with Gasteiger partial charge in [0.2, 0.25) is 5.91 Å². The molecule has 130 valence electrons. The monoisotopic (exact) mass is 375 g/mol. The summed E-state index contributed by atoms with van der Waals surface area (Å²) < 4.78 is 5.35. The second-order valence-corrected chi connectivity index (χ2v) is 7.34. The van der Waals surface area contributed by atoms with Crippen molar-refractivity contribution >= 4 is 40.7 Å². The Balaban J connectivity index is 1.90. The molecular weight excluding hydrogens is 358 g/mol. The van der Waals surface area contributed by atoms with E-state index in [0.29, 0.717) is 28.4 Å². The number of fused-ring (bicyclic) bond motifs is 1. The molecule has 2 aromatic rings. The van der Waals surface area contributed by atoms with Gasteiger partial charge in [-0.05, 0) is 43.3 Å². The molecule has 0 bridgehead atoms. The van der Waals surface area contributed by atoms with Gasteiger partial charge in [-0.1, -0.05) is 11.6 Å². The number of benzene rings is 2. The first kappa shape index (κ1) is 17.8. The van der Waals surface area contributed by atoms with Crippen molar-refractivity contribution in [1.29, 1.82) is 0 Å². The van der Waals surface area contributed by atoms with Crippen LogP contribution in [-0.2, 0) is 11.2 Å². The first-order chi connectivity index (χ1) is 12.0. The van der Waals surface area contributed by atoms with Crippen molar-refractivity contribution in [2.45, 2.75) is 18.2 Å². The van der Waals surface area contributed by atoms with Crippen molar-refractivity contribution < 1.29 is 14.3 Å². The Morgan fingerprint density at radius 2 is 2.04 bits per heavy atom. The lowest BCUT2D eigenvalue weighted by Gasteiger charge is -2.29. The van der Waals surface area contributed by atoms with E-state index < -0.39 is 0 Å². The normalized spacial score (nSPS) is 13.3. The average Bonchev–Trinajstić information content (AvgIpc) is 2.60. The zero-order chi connectivity index (χ0) is 18.0. The maximum absolute atomic E-state index is 12.9. The van der Waals surface area contributed by atoms with Gasteiger partial charge in [-0.25, -0.2) is 0 Å². The largest absolute Gasteiger partial charge is 0.496 e. The molecule has 0 fully saturated rings. The summed E-state index contributed by atoms with van der Waals surface area (Å²) in [6.45, 7) is 2.14. The van der Waals surface area contributed by atoms with Crippen LogP contribution in [0.3, 0.4) is 0 Å². The molecule has 1 aliphatic rings. The van der Waals surface area contributed by atoms with Gasteiger partial charge in [0, 0.05) is 33.3 Å². The minimum atomic E-state index is -0.0391. The van der Waals surface area contributed by atoms with Gasteiger partial charge in [0.25, 0.3) is 0 Å². The lowest BCUT2D eigenvalue weighted by molar-refractivity contribution is -0.118. The molecule has 0 N–H and O–H groups in total. The average molecular weight is 376 g/mol. The van der Waals surface area contributed by atoms with Crippen LogP contribution in [0.1, 0.15) is 22.8 Å². The van der Waals surface area contributed by atoms with E-state index in [0.717, 1.165) is 16.3 Å². The number of thioether (sulfide) groups is 1. The fourth-order valence-corrected chi connectivity index (χ4v) is 3.99. The molecule has 0 saturated carbocycles. The Hall–Kier alpha value is -1.98. The number of carbonyl (C=O) groups excluding carboxylic acids is 2.